The van der Waals surface area contributed by atoms with Crippen LogP contribution in [0.2, 0.25) is 0 Å². The summed E-state index contributed by atoms with van der Waals surface area (Å²) in [5, 5.41) is 9.21. The number of hydrogen-bond acceptors (Lipinski definition) is 5. The molecule has 2 fully saturated rings. The van der Waals surface area contributed by atoms with Crippen molar-refractivity contribution in [1.82, 2.24) is 25.8 Å². The number of hydrogen-bond donors (Lipinski definition) is 3. The number of nitrogens with one attached hydrogen (secondary N) is 3. The van der Waals surface area contributed by atoms with Crippen LogP contribution < -0.4 is 16.0 Å². The predicted octanol–water partition coefficient (Wildman–Crippen LogP) is 3.21. The molecular weight excluding hydrogens is 566 g/mol. The van der Waals surface area contributed by atoms with Crippen LogP contribution >= 0.6 is 0 Å². The Bertz CT molecular complexity index is 1430. The van der Waals surface area contributed by atoms with Crippen molar-refractivity contribution in [3.05, 3.63) is 108 Å². The number of carbonyl (C=O) groups excluding carboxylic acids is 4. The number of amides is 4. The molecule has 2 heterocycles. The van der Waals surface area contributed by atoms with Gasteiger partial charge in [0, 0.05) is 26.1 Å². The fraction of sp³-hybridized carbons (Fsp3) is 0.389. The van der Waals surface area contributed by atoms with Crippen LogP contribution in [0.25, 0.3) is 0 Å². The molecule has 2 aliphatic rings. The van der Waals surface area contributed by atoms with Gasteiger partial charge < -0.3 is 25.8 Å². The molecule has 3 atom stereocenters. The molecule has 0 saturated carbocycles. The van der Waals surface area contributed by atoms with Gasteiger partial charge in [-0.1, -0.05) is 91.0 Å². The third kappa shape index (κ3) is 7.26. The topological polar surface area (TPSA) is 111 Å². The van der Waals surface area contributed by atoms with Crippen LogP contribution in [0, 0.1) is 0 Å². The van der Waals surface area contributed by atoms with Crippen molar-refractivity contribution in [3.63, 3.8) is 0 Å². The molecule has 45 heavy (non-hydrogen) atoms. The molecule has 9 heteroatoms. The van der Waals surface area contributed by atoms with Crippen molar-refractivity contribution in [2.24, 2.45) is 0 Å². The molecule has 9 nitrogen and oxygen atoms in total. The fourth-order valence-electron chi connectivity index (χ4n) is 6.50. The number of likely N-dealkylation sites (N-methyl/N-ethyl adjacent to an activating group) is 1. The minimum atomic E-state index is -1.16. The zero-order chi connectivity index (χ0) is 31.8. The maximum Gasteiger partial charge on any atom is 0.247 e. The highest BCUT2D eigenvalue weighted by Crippen LogP contribution is 2.36. The second-order valence-corrected chi connectivity index (χ2v) is 12.0. The second-order valence-electron chi connectivity index (χ2n) is 12.0. The van der Waals surface area contributed by atoms with Gasteiger partial charge in [0.2, 0.25) is 23.6 Å². The number of fused-ring (bicyclic) bond motifs is 1. The second kappa shape index (κ2) is 14.5. The van der Waals surface area contributed by atoms with Gasteiger partial charge in [0.15, 0.2) is 0 Å². The summed E-state index contributed by atoms with van der Waals surface area (Å²) in [5.41, 5.74) is 1.72. The predicted molar refractivity (Wildman–Crippen MR) is 173 cm³/mol. The molecule has 0 bridgehead atoms. The molecule has 4 amide bonds. The van der Waals surface area contributed by atoms with E-state index in [1.807, 2.05) is 91.0 Å². The van der Waals surface area contributed by atoms with Crippen molar-refractivity contribution in [2.45, 2.75) is 62.7 Å². The molecular formula is C36H43N5O4. The Balaban J connectivity index is 1.43. The number of rotatable bonds is 10. The van der Waals surface area contributed by atoms with Crippen LogP contribution in [0.5, 0.6) is 0 Å². The Morgan fingerprint density at radius 3 is 2.07 bits per heavy atom. The Labute approximate surface area is 265 Å². The highest BCUT2D eigenvalue weighted by atomic mass is 16.2. The molecule has 0 unspecified atom stereocenters. The third-order valence-corrected chi connectivity index (χ3v) is 9.15. The molecule has 3 aromatic rings. The van der Waals surface area contributed by atoms with E-state index in [1.54, 1.807) is 23.8 Å². The van der Waals surface area contributed by atoms with Gasteiger partial charge in [-0.15, -0.1) is 0 Å². The van der Waals surface area contributed by atoms with Gasteiger partial charge >= 0.3 is 0 Å². The van der Waals surface area contributed by atoms with Gasteiger partial charge in [-0.25, -0.2) is 0 Å². The van der Waals surface area contributed by atoms with E-state index < -0.39 is 23.7 Å². The molecule has 0 aliphatic carbocycles. The molecule has 2 saturated heterocycles. The van der Waals surface area contributed by atoms with Crippen LogP contribution in [0.1, 0.15) is 55.3 Å². The quantitative estimate of drug-likeness (QED) is 0.327. The Morgan fingerprint density at radius 2 is 1.47 bits per heavy atom. The average Bonchev–Trinajstić information content (AvgIpc) is 3.51. The van der Waals surface area contributed by atoms with Crippen LogP contribution in [0.15, 0.2) is 91.0 Å². The fourth-order valence-corrected chi connectivity index (χ4v) is 6.50. The molecule has 2 aliphatic heterocycles. The van der Waals surface area contributed by atoms with E-state index >= 15 is 0 Å². The van der Waals surface area contributed by atoms with Gasteiger partial charge in [-0.3, -0.25) is 19.2 Å². The van der Waals surface area contributed by atoms with E-state index in [-0.39, 0.29) is 43.1 Å². The lowest BCUT2D eigenvalue weighted by atomic mass is 9.87. The van der Waals surface area contributed by atoms with E-state index in [0.717, 1.165) is 16.7 Å². The minimum Gasteiger partial charge on any atom is -0.343 e. The largest absolute Gasteiger partial charge is 0.343 e. The minimum absolute atomic E-state index is 0.0472. The van der Waals surface area contributed by atoms with E-state index in [4.69, 9.17) is 0 Å². The highest BCUT2D eigenvalue weighted by molar-refractivity contribution is 5.96. The summed E-state index contributed by atoms with van der Waals surface area (Å²) >= 11 is 0. The van der Waals surface area contributed by atoms with Crippen LogP contribution in [-0.2, 0) is 25.6 Å². The third-order valence-electron chi connectivity index (χ3n) is 9.15. The van der Waals surface area contributed by atoms with Gasteiger partial charge in [-0.2, -0.15) is 0 Å². The smallest absolute Gasteiger partial charge is 0.247 e. The molecule has 0 radical (unpaired) electrons. The van der Waals surface area contributed by atoms with Gasteiger partial charge in [0.25, 0.3) is 0 Å². The lowest BCUT2D eigenvalue weighted by Gasteiger charge is -2.44. The van der Waals surface area contributed by atoms with Gasteiger partial charge in [0.05, 0.1) is 12.1 Å². The normalized spacial score (nSPS) is 20.6. The lowest BCUT2D eigenvalue weighted by molar-refractivity contribution is -0.152. The SMILES string of the molecule is CN[C@H](C)C(=O)N1CC[C@]2(C(=O)NC(c3ccccc3)c3ccccc3)CCCN2C(=O)[C@@H](NC(=O)CCc2ccccc2)C1. The van der Waals surface area contributed by atoms with E-state index in [9.17, 15) is 19.2 Å². The Kier molecular flexibility index (Phi) is 10.3. The highest BCUT2D eigenvalue weighted by Gasteiger charge is 2.53. The maximum atomic E-state index is 14.5. The molecule has 0 spiro atoms. The van der Waals surface area contributed by atoms with Crippen LogP contribution in [0.4, 0.5) is 0 Å². The number of benzene rings is 3. The van der Waals surface area contributed by atoms with E-state index in [1.165, 1.54) is 0 Å². The van der Waals surface area contributed by atoms with Crippen molar-refractivity contribution >= 4 is 23.6 Å². The van der Waals surface area contributed by atoms with Crippen molar-refractivity contribution < 1.29 is 19.2 Å². The van der Waals surface area contributed by atoms with E-state index in [2.05, 4.69) is 16.0 Å². The molecule has 236 valence electrons. The summed E-state index contributed by atoms with van der Waals surface area (Å²) in [6.45, 7) is 2.50. The van der Waals surface area contributed by atoms with Crippen LogP contribution in [-0.4, -0.2) is 77.7 Å². The number of nitrogens with zero attached hydrogens (tertiary/aromatic N) is 2. The summed E-state index contributed by atoms with van der Waals surface area (Å²) in [7, 11) is 1.71. The van der Waals surface area contributed by atoms with Gasteiger partial charge in [-0.05, 0) is 56.3 Å². The number of aryl methyl sites for hydroxylation is 1. The lowest BCUT2D eigenvalue weighted by Crippen LogP contribution is -2.66. The van der Waals surface area contributed by atoms with E-state index in [0.29, 0.717) is 32.2 Å². The molecule has 0 aromatic heterocycles. The molecule has 5 rings (SSSR count). The van der Waals surface area contributed by atoms with Crippen molar-refractivity contribution in [2.75, 3.05) is 26.7 Å². The maximum absolute atomic E-state index is 14.5. The van der Waals surface area contributed by atoms with Crippen molar-refractivity contribution in [1.29, 1.82) is 0 Å². The zero-order valence-electron chi connectivity index (χ0n) is 26.1. The Morgan fingerprint density at radius 1 is 0.867 bits per heavy atom. The average molecular weight is 610 g/mol. The van der Waals surface area contributed by atoms with Crippen LogP contribution in [0.3, 0.4) is 0 Å². The monoisotopic (exact) mass is 609 g/mol. The summed E-state index contributed by atoms with van der Waals surface area (Å²) < 4.78 is 0. The summed E-state index contributed by atoms with van der Waals surface area (Å²) in [6.07, 6.45) is 2.16. The molecule has 3 aromatic carbocycles. The molecule has 3 N–H and O–H groups in total. The first-order valence-electron chi connectivity index (χ1n) is 15.8. The standard InChI is InChI=1S/C36H43N5O4/c1-26(37-2)33(43)40-24-22-36(35(45)39-32(28-15-8-4-9-16-28)29-17-10-5-11-18-29)21-12-23-41(36)34(44)30(25-40)38-31(42)20-19-27-13-6-3-7-14-27/h3-11,13-18,26,30,32,37H,12,19-25H2,1-2H3,(H,38,42)(H,39,45)/t26-,30+,36+/m1/s1. The summed E-state index contributed by atoms with van der Waals surface area (Å²) in [6, 6.07) is 27.4. The first-order chi connectivity index (χ1) is 21.8. The summed E-state index contributed by atoms with van der Waals surface area (Å²) in [5.74, 6) is -1.03. The number of carbonyl (C=O) groups is 4. The van der Waals surface area contributed by atoms with Gasteiger partial charge in [0.1, 0.15) is 11.6 Å². The first-order valence-corrected chi connectivity index (χ1v) is 15.8. The first kappa shape index (κ1) is 31.9. The summed E-state index contributed by atoms with van der Waals surface area (Å²) in [4.78, 5) is 58.8. The zero-order valence-corrected chi connectivity index (χ0v) is 26.1. The van der Waals surface area contributed by atoms with Crippen molar-refractivity contribution in [3.8, 4) is 0 Å². The Hall–Kier alpha value is -4.50.